The number of nitrogens with zero attached hydrogens (tertiary/aromatic N) is 2. The zero-order chi connectivity index (χ0) is 37.1. The minimum absolute atomic E-state index is 0.0396. The Morgan fingerprint density at radius 2 is 1.57 bits per heavy atom. The maximum absolute atomic E-state index is 15.5. The number of rotatable bonds is 12. The lowest BCUT2D eigenvalue weighted by atomic mass is 9.87. The van der Waals surface area contributed by atoms with E-state index in [0.717, 1.165) is 34.1 Å². The molecule has 6 aromatic rings. The van der Waals surface area contributed by atoms with E-state index in [-0.39, 0.29) is 35.4 Å². The Labute approximate surface area is 308 Å². The first kappa shape index (κ1) is 35.2. The summed E-state index contributed by atoms with van der Waals surface area (Å²) in [4.78, 5) is 28.1. The SMILES string of the molecule is COc1ccc(C2(OC(=O)NCCc3cccc4ccccc34)OC(=O)C(c3ccc4nsnc4c3)=C2Cc2cc(OC)c(OC)c(OC)c2)cc1F. The molecule has 13 heteroatoms. The van der Waals surface area contributed by atoms with Gasteiger partial charge in [0.25, 0.3) is 0 Å². The van der Waals surface area contributed by atoms with Gasteiger partial charge in [0.1, 0.15) is 11.0 Å². The van der Waals surface area contributed by atoms with Gasteiger partial charge in [-0.15, -0.1) is 0 Å². The van der Waals surface area contributed by atoms with Gasteiger partial charge in [-0.2, -0.15) is 8.75 Å². The van der Waals surface area contributed by atoms with Crippen molar-refractivity contribution in [1.29, 1.82) is 0 Å². The van der Waals surface area contributed by atoms with Gasteiger partial charge in [-0.1, -0.05) is 48.5 Å². The predicted octanol–water partition coefficient (Wildman–Crippen LogP) is 7.39. The van der Waals surface area contributed by atoms with Crippen molar-refractivity contribution in [3.05, 3.63) is 125 Å². The number of hydrogen-bond acceptors (Lipinski definition) is 11. The van der Waals surface area contributed by atoms with Crippen LogP contribution in [0, 0.1) is 5.82 Å². The molecule has 0 aliphatic carbocycles. The highest BCUT2D eigenvalue weighted by atomic mass is 32.1. The summed E-state index contributed by atoms with van der Waals surface area (Å²) in [5.74, 6) is -2.75. The van der Waals surface area contributed by atoms with Crippen molar-refractivity contribution >= 4 is 51.2 Å². The molecule has 5 aromatic carbocycles. The van der Waals surface area contributed by atoms with Crippen molar-refractivity contribution in [3.8, 4) is 23.0 Å². The molecule has 0 fully saturated rings. The standard InChI is InChI=1S/C40H34FN3O8S/c1-47-33-15-13-27(22-30(33)41)40(52-39(46)42-17-16-25-10-7-9-24-8-5-6-11-28(24)25)29(18-23-19-34(48-2)37(50-4)35(20-23)49-3)36(38(45)51-40)26-12-14-31-32(21-26)44-53-43-31/h5-15,19-22H,16-18H2,1-4H3,(H,42,46). The number of cyclic esters (lactones) is 1. The molecule has 1 N–H and O–H groups in total. The summed E-state index contributed by atoms with van der Waals surface area (Å²) in [6, 6.07) is 26.5. The normalized spacial score (nSPS) is 15.4. The molecule has 2 heterocycles. The third-order valence-electron chi connectivity index (χ3n) is 9.10. The van der Waals surface area contributed by atoms with Crippen molar-refractivity contribution < 1.29 is 42.4 Å². The van der Waals surface area contributed by atoms with Crippen molar-refractivity contribution in [2.75, 3.05) is 35.0 Å². The number of ether oxygens (including phenoxy) is 6. The van der Waals surface area contributed by atoms with Gasteiger partial charge < -0.3 is 33.7 Å². The maximum atomic E-state index is 15.5. The average Bonchev–Trinajstić information content (AvgIpc) is 3.75. The highest BCUT2D eigenvalue weighted by molar-refractivity contribution is 7.00. The second-order valence-electron chi connectivity index (χ2n) is 12.1. The Balaban J connectivity index is 1.34. The number of hydrogen-bond donors (Lipinski definition) is 1. The number of methoxy groups -OCH3 is 4. The summed E-state index contributed by atoms with van der Waals surface area (Å²) in [6.07, 6.45) is -0.444. The van der Waals surface area contributed by atoms with Crippen LogP contribution in [0.5, 0.6) is 23.0 Å². The number of amides is 1. The third kappa shape index (κ3) is 6.66. The number of halogens is 1. The average molecular weight is 736 g/mol. The van der Waals surface area contributed by atoms with E-state index < -0.39 is 23.7 Å². The van der Waals surface area contributed by atoms with Crippen LogP contribution in [-0.2, 0) is 32.9 Å². The van der Waals surface area contributed by atoms with Gasteiger partial charge in [-0.05, 0) is 76.3 Å². The molecule has 0 bridgehead atoms. The molecule has 1 aromatic heterocycles. The van der Waals surface area contributed by atoms with Crippen molar-refractivity contribution in [2.24, 2.45) is 0 Å². The Bertz CT molecular complexity index is 2370. The zero-order valence-corrected chi connectivity index (χ0v) is 30.0. The van der Waals surface area contributed by atoms with Crippen LogP contribution in [0.3, 0.4) is 0 Å². The number of esters is 1. The first-order valence-corrected chi connectivity index (χ1v) is 17.3. The first-order valence-electron chi connectivity index (χ1n) is 16.5. The topological polar surface area (TPSA) is 127 Å². The number of carbonyl (C=O) groups is 2. The van der Waals surface area contributed by atoms with Crippen LogP contribution in [0.4, 0.5) is 9.18 Å². The molecular weight excluding hydrogens is 702 g/mol. The molecule has 1 aliphatic rings. The summed E-state index contributed by atoms with van der Waals surface area (Å²) in [7, 11) is 5.80. The summed E-state index contributed by atoms with van der Waals surface area (Å²) in [5.41, 5.74) is 3.61. The van der Waals surface area contributed by atoms with Crippen LogP contribution >= 0.6 is 11.7 Å². The molecule has 1 atom stereocenters. The number of carbonyl (C=O) groups excluding carboxylic acids is 2. The van der Waals surface area contributed by atoms with E-state index in [9.17, 15) is 9.59 Å². The fourth-order valence-electron chi connectivity index (χ4n) is 6.63. The Morgan fingerprint density at radius 1 is 0.830 bits per heavy atom. The van der Waals surface area contributed by atoms with Crippen LogP contribution in [-0.4, -0.2) is 55.8 Å². The molecule has 7 rings (SSSR count). The van der Waals surface area contributed by atoms with Gasteiger partial charge in [0, 0.05) is 24.1 Å². The van der Waals surface area contributed by atoms with E-state index in [1.807, 2.05) is 42.5 Å². The lowest BCUT2D eigenvalue weighted by molar-refractivity contribution is -0.185. The minimum atomic E-state index is -2.22. The fraction of sp³-hybridized carbons (Fsp3) is 0.200. The van der Waals surface area contributed by atoms with Gasteiger partial charge in [0.2, 0.25) is 5.75 Å². The molecular formula is C40H34FN3O8S. The third-order valence-corrected chi connectivity index (χ3v) is 9.66. The lowest BCUT2D eigenvalue weighted by Crippen LogP contribution is -2.40. The molecule has 53 heavy (non-hydrogen) atoms. The highest BCUT2D eigenvalue weighted by Gasteiger charge is 2.53. The maximum Gasteiger partial charge on any atom is 0.410 e. The van der Waals surface area contributed by atoms with E-state index >= 15 is 4.39 Å². The van der Waals surface area contributed by atoms with Gasteiger partial charge in [-0.3, -0.25) is 0 Å². The van der Waals surface area contributed by atoms with E-state index in [2.05, 4.69) is 14.1 Å². The van der Waals surface area contributed by atoms with Crippen molar-refractivity contribution in [2.45, 2.75) is 18.6 Å². The number of benzene rings is 5. The van der Waals surface area contributed by atoms with E-state index in [0.29, 0.717) is 45.8 Å². The number of nitrogens with one attached hydrogen (secondary N) is 1. The molecule has 0 spiro atoms. The Morgan fingerprint density at radius 3 is 2.30 bits per heavy atom. The second-order valence-corrected chi connectivity index (χ2v) is 12.6. The van der Waals surface area contributed by atoms with E-state index in [1.54, 1.807) is 30.3 Å². The summed E-state index contributed by atoms with van der Waals surface area (Å²) in [5, 5.41) is 4.95. The largest absolute Gasteiger partial charge is 0.494 e. The molecule has 270 valence electrons. The van der Waals surface area contributed by atoms with Crippen LogP contribution in [0.25, 0.3) is 27.4 Å². The number of alkyl carbamates (subject to hydrolysis) is 1. The lowest BCUT2D eigenvalue weighted by Gasteiger charge is -2.31. The van der Waals surface area contributed by atoms with Crippen molar-refractivity contribution in [3.63, 3.8) is 0 Å². The van der Waals surface area contributed by atoms with Crippen LogP contribution in [0.2, 0.25) is 0 Å². The second kappa shape index (κ2) is 14.8. The molecule has 0 radical (unpaired) electrons. The number of fused-ring (bicyclic) bond motifs is 2. The van der Waals surface area contributed by atoms with Crippen LogP contribution in [0.1, 0.15) is 22.3 Å². The number of aromatic nitrogens is 2. The van der Waals surface area contributed by atoms with E-state index in [4.69, 9.17) is 28.4 Å². The highest BCUT2D eigenvalue weighted by Crippen LogP contribution is 2.49. The molecule has 1 amide bonds. The zero-order valence-electron chi connectivity index (χ0n) is 29.2. The van der Waals surface area contributed by atoms with E-state index in [1.165, 1.54) is 40.6 Å². The first-order chi connectivity index (χ1) is 25.8. The molecule has 1 aliphatic heterocycles. The van der Waals surface area contributed by atoms with Crippen LogP contribution in [0.15, 0.2) is 96.6 Å². The Hall–Kier alpha value is -6.21. The summed E-state index contributed by atoms with van der Waals surface area (Å²) in [6.45, 7) is 0.195. The monoisotopic (exact) mass is 735 g/mol. The molecule has 0 saturated heterocycles. The van der Waals surface area contributed by atoms with Gasteiger partial charge in [0.05, 0.1) is 45.7 Å². The summed E-state index contributed by atoms with van der Waals surface area (Å²) >= 11 is 1.03. The predicted molar refractivity (Wildman–Crippen MR) is 197 cm³/mol. The smallest absolute Gasteiger partial charge is 0.410 e. The molecule has 11 nitrogen and oxygen atoms in total. The van der Waals surface area contributed by atoms with Gasteiger partial charge in [-0.25, -0.2) is 14.0 Å². The van der Waals surface area contributed by atoms with Gasteiger partial charge in [0.15, 0.2) is 23.1 Å². The molecule has 1 unspecified atom stereocenters. The van der Waals surface area contributed by atoms with Gasteiger partial charge >= 0.3 is 17.8 Å². The quantitative estimate of drug-likeness (QED) is 0.127. The molecule has 0 saturated carbocycles. The van der Waals surface area contributed by atoms with Crippen molar-refractivity contribution in [1.82, 2.24) is 14.1 Å². The summed E-state index contributed by atoms with van der Waals surface area (Å²) < 4.78 is 58.4. The fourth-order valence-corrected chi connectivity index (χ4v) is 7.15. The van der Waals surface area contributed by atoms with Crippen LogP contribution < -0.4 is 24.3 Å². The minimum Gasteiger partial charge on any atom is -0.494 e. The Kier molecular flexibility index (Phi) is 9.83.